The lowest BCUT2D eigenvalue weighted by molar-refractivity contribution is 0.548. The van der Waals surface area contributed by atoms with Gasteiger partial charge in [-0.25, -0.2) is 0 Å². The van der Waals surface area contributed by atoms with Crippen LogP contribution in [0.2, 0.25) is 0 Å². The quantitative estimate of drug-likeness (QED) is 0.159. The number of benzene rings is 2. The maximum Gasteiger partial charge on any atom is 0.0622 e. The summed E-state index contributed by atoms with van der Waals surface area (Å²) >= 11 is 12.8. The van der Waals surface area contributed by atoms with Gasteiger partial charge in [-0.2, -0.15) is 11.8 Å². The molecule has 194 valence electrons. The van der Waals surface area contributed by atoms with Gasteiger partial charge in [-0.3, -0.25) is 0 Å². The van der Waals surface area contributed by atoms with E-state index in [4.69, 9.17) is 0 Å². The van der Waals surface area contributed by atoms with E-state index in [1.54, 1.807) is 0 Å². The third-order valence-electron chi connectivity index (χ3n) is 6.24. The van der Waals surface area contributed by atoms with E-state index in [1.165, 1.54) is 40.6 Å². The van der Waals surface area contributed by atoms with Gasteiger partial charge in [0.05, 0.1) is 13.7 Å². The van der Waals surface area contributed by atoms with E-state index in [-0.39, 0.29) is 0 Å². The third kappa shape index (κ3) is 10.7. The molecule has 0 amide bonds. The molecule has 5 atom stereocenters. The molecular weight excluding hydrogens is 541 g/mol. The summed E-state index contributed by atoms with van der Waals surface area (Å²) in [5, 5.41) is 0.849. The van der Waals surface area contributed by atoms with Gasteiger partial charge in [0, 0.05) is 15.0 Å². The molecule has 0 N–H and O–H groups in total. The summed E-state index contributed by atoms with van der Waals surface area (Å²) in [5.41, 5.74) is 0. The van der Waals surface area contributed by atoms with Gasteiger partial charge < -0.3 is 0 Å². The Balaban J connectivity index is 1.51. The molecule has 35 heavy (non-hydrogen) atoms. The zero-order chi connectivity index (χ0) is 25.0. The normalized spacial score (nSPS) is 21.2. The molecule has 1 saturated heterocycles. The summed E-state index contributed by atoms with van der Waals surface area (Å²) in [4.78, 5) is 2.75. The molecule has 0 saturated carbocycles. The van der Waals surface area contributed by atoms with Crippen molar-refractivity contribution in [1.29, 1.82) is 0 Å². The molecule has 1 fully saturated rings. The molecule has 0 radical (unpaired) electrons. The van der Waals surface area contributed by atoms with E-state index in [9.17, 15) is 0 Å². The van der Waals surface area contributed by atoms with Crippen LogP contribution in [0.5, 0.6) is 0 Å². The number of rotatable bonds is 14. The molecule has 0 aliphatic carbocycles. The Labute approximate surface area is 240 Å². The minimum Gasteiger partial charge on any atom is -0.151 e. The Bertz CT molecular complexity index is 773. The number of hydrogen-bond acceptors (Lipinski definition) is 6. The minimum absolute atomic E-state index is 0.523. The van der Waals surface area contributed by atoms with Crippen molar-refractivity contribution < 1.29 is 0 Å². The predicted molar refractivity (Wildman–Crippen MR) is 173 cm³/mol. The summed E-state index contributed by atoms with van der Waals surface area (Å²) in [7, 11) is 0. The number of thioether (sulfide) groups is 6. The van der Waals surface area contributed by atoms with Crippen LogP contribution in [0.3, 0.4) is 0 Å². The molecule has 0 nitrogen and oxygen atoms in total. The lowest BCUT2D eigenvalue weighted by atomic mass is 10.1. The molecule has 0 spiro atoms. The van der Waals surface area contributed by atoms with Gasteiger partial charge in [0.25, 0.3) is 0 Å². The molecular formula is C29H42S6. The standard InChI is InChI=1S/C29H42S6/c1-21(2)27-31-19-17-26(35-27)20-23(4)28(30-5)32-18-16-22(3)29(33-24-12-8-6-9-13-24)34-25-14-10-7-11-15-25/h6-15,21-23,26-29H,16-20H2,1-5H3. The fourth-order valence-corrected chi connectivity index (χ4v) is 13.1. The van der Waals surface area contributed by atoms with E-state index in [0.717, 1.165) is 21.7 Å². The molecule has 5 unspecified atom stereocenters. The van der Waals surface area contributed by atoms with Crippen LogP contribution in [0.25, 0.3) is 0 Å². The summed E-state index contributed by atoms with van der Waals surface area (Å²) in [6.45, 7) is 9.73. The van der Waals surface area contributed by atoms with Crippen LogP contribution in [-0.2, 0) is 0 Å². The van der Waals surface area contributed by atoms with E-state index < -0.39 is 0 Å². The van der Waals surface area contributed by atoms with Crippen LogP contribution in [0.1, 0.15) is 47.0 Å². The molecule has 3 rings (SSSR count). The van der Waals surface area contributed by atoms with Crippen LogP contribution in [0.4, 0.5) is 0 Å². The maximum atomic E-state index is 2.50. The Morgan fingerprint density at radius 1 is 0.829 bits per heavy atom. The SMILES string of the molecule is CSC(SCCC(C)C(Sc1ccccc1)Sc1ccccc1)C(C)CC1CCSC(C(C)C)S1. The Morgan fingerprint density at radius 3 is 1.97 bits per heavy atom. The van der Waals surface area contributed by atoms with Crippen molar-refractivity contribution in [2.45, 2.75) is 75.7 Å². The average molecular weight is 583 g/mol. The van der Waals surface area contributed by atoms with E-state index in [2.05, 4.69) is 142 Å². The highest BCUT2D eigenvalue weighted by atomic mass is 32.2. The van der Waals surface area contributed by atoms with Crippen LogP contribution in [-0.4, -0.2) is 36.8 Å². The molecule has 2 aromatic carbocycles. The lowest BCUT2D eigenvalue weighted by Crippen LogP contribution is -2.24. The topological polar surface area (TPSA) is 0 Å². The van der Waals surface area contributed by atoms with E-state index >= 15 is 0 Å². The average Bonchev–Trinajstić information content (AvgIpc) is 2.87. The van der Waals surface area contributed by atoms with Gasteiger partial charge in [-0.1, -0.05) is 64.1 Å². The van der Waals surface area contributed by atoms with Gasteiger partial charge in [0.2, 0.25) is 0 Å². The maximum absolute atomic E-state index is 2.50. The summed E-state index contributed by atoms with van der Waals surface area (Å²) in [6.07, 6.45) is 6.35. The first-order valence-electron chi connectivity index (χ1n) is 12.8. The van der Waals surface area contributed by atoms with Gasteiger partial charge in [0.1, 0.15) is 0 Å². The summed E-state index contributed by atoms with van der Waals surface area (Å²) in [5.74, 6) is 4.80. The van der Waals surface area contributed by atoms with Crippen molar-refractivity contribution in [1.82, 2.24) is 0 Å². The van der Waals surface area contributed by atoms with Crippen molar-refractivity contribution in [2.75, 3.05) is 17.8 Å². The van der Waals surface area contributed by atoms with E-state index in [1.807, 2.05) is 23.5 Å². The van der Waals surface area contributed by atoms with Gasteiger partial charge in [-0.15, -0.1) is 58.8 Å². The highest BCUT2D eigenvalue weighted by Crippen LogP contribution is 2.45. The monoisotopic (exact) mass is 582 g/mol. The van der Waals surface area contributed by atoms with Crippen molar-refractivity contribution in [3.8, 4) is 0 Å². The summed E-state index contributed by atoms with van der Waals surface area (Å²) < 4.78 is 2.02. The first-order chi connectivity index (χ1) is 17.0. The van der Waals surface area contributed by atoms with Gasteiger partial charge in [0.15, 0.2) is 0 Å². The van der Waals surface area contributed by atoms with Crippen LogP contribution >= 0.6 is 70.6 Å². The second kappa shape index (κ2) is 16.5. The Morgan fingerprint density at radius 2 is 1.43 bits per heavy atom. The highest BCUT2D eigenvalue weighted by Gasteiger charge is 2.29. The molecule has 0 bridgehead atoms. The highest BCUT2D eigenvalue weighted by molar-refractivity contribution is 8.18. The van der Waals surface area contributed by atoms with Crippen LogP contribution < -0.4 is 0 Å². The smallest absolute Gasteiger partial charge is 0.0622 e. The predicted octanol–water partition coefficient (Wildman–Crippen LogP) is 10.6. The zero-order valence-corrected chi connectivity index (χ0v) is 26.7. The van der Waals surface area contributed by atoms with Crippen molar-refractivity contribution in [3.63, 3.8) is 0 Å². The van der Waals surface area contributed by atoms with Crippen LogP contribution in [0, 0.1) is 17.8 Å². The molecule has 1 aliphatic rings. The zero-order valence-electron chi connectivity index (χ0n) is 21.8. The molecule has 1 aliphatic heterocycles. The van der Waals surface area contributed by atoms with Crippen molar-refractivity contribution >= 4 is 70.6 Å². The first kappa shape index (κ1) is 30.1. The van der Waals surface area contributed by atoms with Crippen molar-refractivity contribution in [3.05, 3.63) is 60.7 Å². The van der Waals surface area contributed by atoms with Crippen LogP contribution in [0.15, 0.2) is 70.5 Å². The van der Waals surface area contributed by atoms with E-state index in [0.29, 0.717) is 15.1 Å². The second-order valence-electron chi connectivity index (χ2n) is 9.71. The Hall–Kier alpha value is 0.540. The molecule has 0 aromatic heterocycles. The first-order valence-corrected chi connectivity index (χ1v) is 18.9. The van der Waals surface area contributed by atoms with Gasteiger partial charge in [-0.05, 0) is 79.0 Å². The fourth-order valence-electron chi connectivity index (χ4n) is 4.15. The Kier molecular flexibility index (Phi) is 14.2. The van der Waals surface area contributed by atoms with Gasteiger partial charge >= 0.3 is 0 Å². The molecule has 6 heteroatoms. The number of hydrogen-bond donors (Lipinski definition) is 0. The fraction of sp³-hybridized carbons (Fsp3) is 0.586. The summed E-state index contributed by atoms with van der Waals surface area (Å²) in [6, 6.07) is 21.9. The molecule has 2 aromatic rings. The second-order valence-corrected chi connectivity index (χ2v) is 18.0. The largest absolute Gasteiger partial charge is 0.151 e. The molecule has 1 heterocycles. The van der Waals surface area contributed by atoms with Crippen molar-refractivity contribution in [2.24, 2.45) is 17.8 Å². The third-order valence-corrected chi connectivity index (χ3v) is 16.2. The lowest BCUT2D eigenvalue weighted by Gasteiger charge is -2.33. The minimum atomic E-state index is 0.523.